The van der Waals surface area contributed by atoms with Gasteiger partial charge in [-0.1, -0.05) is 23.2 Å². The summed E-state index contributed by atoms with van der Waals surface area (Å²) in [7, 11) is 3.40. The Morgan fingerprint density at radius 2 is 1.97 bits per heavy atom. The van der Waals surface area contributed by atoms with Crippen molar-refractivity contribution in [3.8, 4) is 0 Å². The molecular weight excluding hydrogens is 455 g/mol. The lowest BCUT2D eigenvalue weighted by atomic mass is 10.1. The second kappa shape index (κ2) is 8.85. The second-order valence-electron chi connectivity index (χ2n) is 7.67. The zero-order chi connectivity index (χ0) is 23.0. The van der Waals surface area contributed by atoms with Gasteiger partial charge in [-0.3, -0.25) is 19.4 Å². The van der Waals surface area contributed by atoms with Crippen molar-refractivity contribution < 1.29 is 9.59 Å². The summed E-state index contributed by atoms with van der Waals surface area (Å²) in [5, 5.41) is 6.42. The van der Waals surface area contributed by atoms with E-state index in [-0.39, 0.29) is 39.3 Å². The third-order valence-electron chi connectivity index (χ3n) is 5.37. The Morgan fingerprint density at radius 3 is 2.66 bits per heavy atom. The van der Waals surface area contributed by atoms with Crippen molar-refractivity contribution in [3.05, 3.63) is 62.8 Å². The van der Waals surface area contributed by atoms with Gasteiger partial charge in [-0.05, 0) is 18.6 Å². The third kappa shape index (κ3) is 4.06. The topological polar surface area (TPSA) is 109 Å². The Kier molecular flexibility index (Phi) is 6.14. The van der Waals surface area contributed by atoms with E-state index in [1.165, 1.54) is 23.5 Å². The van der Waals surface area contributed by atoms with Gasteiger partial charge in [-0.2, -0.15) is 0 Å². The highest BCUT2D eigenvalue weighted by Crippen LogP contribution is 2.29. The highest BCUT2D eigenvalue weighted by molar-refractivity contribution is 6.39. The van der Waals surface area contributed by atoms with Gasteiger partial charge in [0.25, 0.3) is 5.91 Å². The number of aromatic nitrogens is 3. The summed E-state index contributed by atoms with van der Waals surface area (Å²) in [6.45, 7) is 0.488. The first-order valence-corrected chi connectivity index (χ1v) is 10.6. The molecule has 2 unspecified atom stereocenters. The van der Waals surface area contributed by atoms with Gasteiger partial charge in [-0.25, -0.2) is 4.98 Å². The van der Waals surface area contributed by atoms with E-state index in [0.717, 1.165) is 0 Å². The van der Waals surface area contributed by atoms with E-state index in [9.17, 15) is 14.4 Å². The predicted molar refractivity (Wildman–Crippen MR) is 122 cm³/mol. The largest absolute Gasteiger partial charge is 0.347 e. The number of fused-ring (bicyclic) bond motifs is 1. The maximum Gasteiger partial charge on any atom is 0.261 e. The number of carbonyl (C=O) groups is 2. The SMILES string of the molecule is CN(C)C(=O)C1CC(n2cc(C(=O)Nc3c(Cl)cncc3Cl)c(=O)c3cccnc32)CN1. The molecule has 0 bridgehead atoms. The van der Waals surface area contributed by atoms with Gasteiger partial charge in [0.2, 0.25) is 11.3 Å². The lowest BCUT2D eigenvalue weighted by Crippen LogP contribution is -2.39. The minimum absolute atomic E-state index is 0.0363. The highest BCUT2D eigenvalue weighted by atomic mass is 35.5. The van der Waals surface area contributed by atoms with Crippen LogP contribution in [-0.4, -0.2) is 57.9 Å². The number of amides is 2. The molecule has 9 nitrogen and oxygen atoms in total. The van der Waals surface area contributed by atoms with Gasteiger partial charge in [0.05, 0.1) is 27.2 Å². The summed E-state index contributed by atoms with van der Waals surface area (Å²) in [6.07, 6.45) is 6.24. The Balaban J connectivity index is 1.75. The lowest BCUT2D eigenvalue weighted by Gasteiger charge is -2.19. The first-order valence-electron chi connectivity index (χ1n) is 9.82. The molecule has 0 spiro atoms. The number of pyridine rings is 3. The molecule has 1 fully saturated rings. The molecule has 1 aliphatic heterocycles. The molecule has 4 heterocycles. The summed E-state index contributed by atoms with van der Waals surface area (Å²) in [4.78, 5) is 48.3. The lowest BCUT2D eigenvalue weighted by molar-refractivity contribution is -0.130. The number of nitrogens with one attached hydrogen (secondary N) is 2. The zero-order valence-electron chi connectivity index (χ0n) is 17.3. The molecule has 2 atom stereocenters. The smallest absolute Gasteiger partial charge is 0.261 e. The molecular formula is C21H20Cl2N6O3. The number of hydrogen-bond acceptors (Lipinski definition) is 6. The number of nitrogens with zero attached hydrogens (tertiary/aromatic N) is 4. The average molecular weight is 475 g/mol. The molecule has 32 heavy (non-hydrogen) atoms. The first kappa shape index (κ1) is 22.2. The van der Waals surface area contributed by atoms with Crippen LogP contribution in [0.4, 0.5) is 5.69 Å². The molecule has 3 aromatic heterocycles. The van der Waals surface area contributed by atoms with Crippen molar-refractivity contribution in [2.24, 2.45) is 0 Å². The molecule has 0 aromatic carbocycles. The highest BCUT2D eigenvalue weighted by Gasteiger charge is 2.32. The van der Waals surface area contributed by atoms with Gasteiger partial charge in [0.1, 0.15) is 11.2 Å². The van der Waals surface area contributed by atoms with Crippen LogP contribution < -0.4 is 16.1 Å². The van der Waals surface area contributed by atoms with Gasteiger partial charge in [-0.15, -0.1) is 0 Å². The zero-order valence-corrected chi connectivity index (χ0v) is 18.8. The van der Waals surface area contributed by atoms with Crippen molar-refractivity contribution in [3.63, 3.8) is 0 Å². The number of rotatable bonds is 4. The number of halogens is 2. The third-order valence-corrected chi connectivity index (χ3v) is 5.94. The van der Waals surface area contributed by atoms with Crippen molar-refractivity contribution in [2.45, 2.75) is 18.5 Å². The van der Waals surface area contributed by atoms with Crippen LogP contribution in [0, 0.1) is 0 Å². The number of hydrogen-bond donors (Lipinski definition) is 2. The average Bonchev–Trinajstić information content (AvgIpc) is 3.26. The van der Waals surface area contributed by atoms with E-state index in [4.69, 9.17) is 23.2 Å². The van der Waals surface area contributed by atoms with E-state index >= 15 is 0 Å². The van der Waals surface area contributed by atoms with Crippen LogP contribution >= 0.6 is 23.2 Å². The number of likely N-dealkylation sites (N-methyl/N-ethyl adjacent to an activating group) is 1. The molecule has 4 rings (SSSR count). The summed E-state index contributed by atoms with van der Waals surface area (Å²) in [5.41, 5.74) is 0.0652. The van der Waals surface area contributed by atoms with Crippen molar-refractivity contribution in [2.75, 3.05) is 26.0 Å². The molecule has 1 saturated heterocycles. The van der Waals surface area contributed by atoms with E-state index in [0.29, 0.717) is 24.0 Å². The van der Waals surface area contributed by atoms with Crippen molar-refractivity contribution in [1.82, 2.24) is 24.8 Å². The minimum atomic E-state index is -0.656. The van der Waals surface area contributed by atoms with Crippen LogP contribution in [0.3, 0.4) is 0 Å². The first-order chi connectivity index (χ1) is 15.3. The van der Waals surface area contributed by atoms with Gasteiger partial charge in [0.15, 0.2) is 0 Å². The molecule has 166 valence electrons. The standard InChI is InChI=1S/C21H20Cl2N6O3/c1-28(2)21(32)16-6-11(7-26-16)29-10-13(18(30)12-4-3-5-25-19(12)29)20(31)27-17-14(22)8-24-9-15(17)23/h3-5,8-11,16,26H,6-7H2,1-2H3,(H,24,27,31). The van der Waals surface area contributed by atoms with Crippen LogP contribution in [0.1, 0.15) is 22.8 Å². The van der Waals surface area contributed by atoms with Gasteiger partial charge >= 0.3 is 0 Å². The predicted octanol–water partition coefficient (Wildman–Crippen LogP) is 2.34. The summed E-state index contributed by atoms with van der Waals surface area (Å²) >= 11 is 12.2. The molecule has 3 aromatic rings. The van der Waals surface area contributed by atoms with E-state index in [1.807, 2.05) is 0 Å². The molecule has 0 radical (unpaired) electrons. The maximum absolute atomic E-state index is 13.1. The quantitative estimate of drug-likeness (QED) is 0.600. The normalized spacial score (nSPS) is 18.0. The summed E-state index contributed by atoms with van der Waals surface area (Å²) < 4.78 is 1.78. The fourth-order valence-corrected chi connectivity index (χ4v) is 4.22. The van der Waals surface area contributed by atoms with E-state index in [2.05, 4.69) is 20.6 Å². The monoisotopic (exact) mass is 474 g/mol. The van der Waals surface area contributed by atoms with E-state index < -0.39 is 11.3 Å². The summed E-state index contributed by atoms with van der Waals surface area (Å²) in [5.74, 6) is -0.692. The Labute approximate surface area is 193 Å². The molecule has 2 amide bonds. The van der Waals surface area contributed by atoms with Crippen LogP contribution in [0.15, 0.2) is 41.7 Å². The molecule has 0 saturated carbocycles. The maximum atomic E-state index is 13.1. The van der Waals surface area contributed by atoms with Crippen LogP contribution in [0.2, 0.25) is 10.0 Å². The number of carbonyl (C=O) groups excluding carboxylic acids is 2. The molecule has 2 N–H and O–H groups in total. The Bertz CT molecular complexity index is 1260. The summed E-state index contributed by atoms with van der Waals surface area (Å²) in [6, 6.07) is 2.72. The van der Waals surface area contributed by atoms with E-state index in [1.54, 1.807) is 37.0 Å². The molecule has 0 aliphatic carbocycles. The molecule has 11 heteroatoms. The fraction of sp³-hybridized carbons (Fsp3) is 0.286. The Hall–Kier alpha value is -3.01. The van der Waals surface area contributed by atoms with Gasteiger partial charge < -0.3 is 20.1 Å². The van der Waals surface area contributed by atoms with Crippen LogP contribution in [0.25, 0.3) is 11.0 Å². The van der Waals surface area contributed by atoms with Crippen molar-refractivity contribution in [1.29, 1.82) is 0 Å². The van der Waals surface area contributed by atoms with Crippen LogP contribution in [-0.2, 0) is 4.79 Å². The molecule has 1 aliphatic rings. The van der Waals surface area contributed by atoms with Crippen molar-refractivity contribution >= 4 is 51.7 Å². The minimum Gasteiger partial charge on any atom is -0.347 e. The Morgan fingerprint density at radius 1 is 1.25 bits per heavy atom. The second-order valence-corrected chi connectivity index (χ2v) is 8.48. The number of anilines is 1. The fourth-order valence-electron chi connectivity index (χ4n) is 3.76. The van der Waals surface area contributed by atoms with Crippen LogP contribution in [0.5, 0.6) is 0 Å². The van der Waals surface area contributed by atoms with Gasteiger partial charge in [0, 0.05) is 51.5 Å².